The van der Waals surface area contributed by atoms with E-state index in [1.165, 1.54) is 24.3 Å². The SMILES string of the molecule is CN(C)c1ccc([C@@H](CNS(=O)(=O)c2ccccc2[N+](=O)[O-])N2CCCC2)cc1. The zero-order chi connectivity index (χ0) is 21.0. The highest BCUT2D eigenvalue weighted by molar-refractivity contribution is 7.89. The molecule has 0 unspecified atom stereocenters. The maximum absolute atomic E-state index is 12.8. The molecule has 0 amide bonds. The Kier molecular flexibility index (Phi) is 6.51. The summed E-state index contributed by atoms with van der Waals surface area (Å²) in [7, 11) is -0.0845. The largest absolute Gasteiger partial charge is 0.378 e. The van der Waals surface area contributed by atoms with E-state index in [0.717, 1.165) is 37.2 Å². The van der Waals surface area contributed by atoms with Crippen molar-refractivity contribution in [2.75, 3.05) is 38.6 Å². The van der Waals surface area contributed by atoms with Gasteiger partial charge in [-0.15, -0.1) is 0 Å². The molecule has 0 aromatic heterocycles. The van der Waals surface area contributed by atoms with Crippen molar-refractivity contribution in [1.29, 1.82) is 0 Å². The van der Waals surface area contributed by atoms with Gasteiger partial charge in [0.1, 0.15) is 0 Å². The second-order valence-electron chi connectivity index (χ2n) is 7.32. The Balaban J connectivity index is 1.84. The smallest absolute Gasteiger partial charge is 0.289 e. The van der Waals surface area contributed by atoms with Gasteiger partial charge in [0, 0.05) is 38.4 Å². The molecule has 2 aromatic carbocycles. The third kappa shape index (κ3) is 4.92. The maximum atomic E-state index is 12.8. The zero-order valence-corrected chi connectivity index (χ0v) is 17.4. The van der Waals surface area contributed by atoms with Crippen molar-refractivity contribution in [2.24, 2.45) is 0 Å². The molecule has 0 spiro atoms. The Morgan fingerprint density at radius 3 is 2.31 bits per heavy atom. The summed E-state index contributed by atoms with van der Waals surface area (Å²) in [5.41, 5.74) is 1.66. The standard InChI is InChI=1S/C20H26N4O4S/c1-22(2)17-11-9-16(10-12-17)19(23-13-5-6-14-23)15-21-29(27,28)20-8-4-3-7-18(20)24(25)26/h3-4,7-12,19,21H,5-6,13-15H2,1-2H3/t19-/m1/s1. The van der Waals surface area contributed by atoms with Gasteiger partial charge < -0.3 is 4.90 Å². The lowest BCUT2D eigenvalue weighted by atomic mass is 10.1. The molecule has 1 saturated heterocycles. The van der Waals surface area contributed by atoms with Crippen LogP contribution >= 0.6 is 0 Å². The molecule has 9 heteroatoms. The third-order valence-corrected chi connectivity index (χ3v) is 6.66. The molecule has 0 radical (unpaired) electrons. The van der Waals surface area contributed by atoms with Crippen LogP contribution in [0.2, 0.25) is 0 Å². The molecule has 0 aliphatic carbocycles. The number of benzene rings is 2. The highest BCUT2D eigenvalue weighted by Gasteiger charge is 2.29. The highest BCUT2D eigenvalue weighted by Crippen LogP contribution is 2.28. The average Bonchev–Trinajstić information content (AvgIpc) is 3.23. The minimum atomic E-state index is -4.02. The summed E-state index contributed by atoms with van der Waals surface area (Å²) in [6, 6.07) is 13.3. The fourth-order valence-electron chi connectivity index (χ4n) is 3.61. The zero-order valence-electron chi connectivity index (χ0n) is 16.6. The summed E-state index contributed by atoms with van der Waals surface area (Å²) in [5, 5.41) is 11.2. The van der Waals surface area contributed by atoms with E-state index in [1.54, 1.807) is 0 Å². The second-order valence-corrected chi connectivity index (χ2v) is 9.06. The van der Waals surface area contributed by atoms with Gasteiger partial charge in [0.25, 0.3) is 5.69 Å². The Hall–Kier alpha value is -2.49. The molecule has 0 saturated carbocycles. The minimum Gasteiger partial charge on any atom is -0.378 e. The number of hydrogen-bond donors (Lipinski definition) is 1. The second kappa shape index (κ2) is 8.89. The molecule has 1 aliphatic heterocycles. The van der Waals surface area contributed by atoms with Crippen LogP contribution in [-0.4, -0.2) is 52.0 Å². The van der Waals surface area contributed by atoms with Gasteiger partial charge in [0.2, 0.25) is 10.0 Å². The summed E-state index contributed by atoms with van der Waals surface area (Å²) in [6.45, 7) is 1.94. The van der Waals surface area contributed by atoms with Gasteiger partial charge in [-0.3, -0.25) is 15.0 Å². The number of nitro groups is 1. The van der Waals surface area contributed by atoms with E-state index in [1.807, 2.05) is 43.3 Å². The Morgan fingerprint density at radius 1 is 1.10 bits per heavy atom. The van der Waals surface area contributed by atoms with Crippen molar-refractivity contribution in [3.8, 4) is 0 Å². The summed E-state index contributed by atoms with van der Waals surface area (Å²) in [5.74, 6) is 0. The number of sulfonamides is 1. The van der Waals surface area contributed by atoms with E-state index in [9.17, 15) is 18.5 Å². The van der Waals surface area contributed by atoms with Crippen LogP contribution in [0.15, 0.2) is 53.4 Å². The van der Waals surface area contributed by atoms with E-state index in [2.05, 4.69) is 9.62 Å². The molecule has 1 fully saturated rings. The predicted molar refractivity (Wildman–Crippen MR) is 113 cm³/mol. The summed E-state index contributed by atoms with van der Waals surface area (Å²) in [6.07, 6.45) is 2.15. The van der Waals surface area contributed by atoms with Crippen LogP contribution in [0.25, 0.3) is 0 Å². The molecule has 1 aliphatic rings. The first-order valence-electron chi connectivity index (χ1n) is 9.54. The third-order valence-electron chi connectivity index (χ3n) is 5.19. The maximum Gasteiger partial charge on any atom is 0.289 e. The number of likely N-dealkylation sites (tertiary alicyclic amines) is 1. The molecule has 2 aromatic rings. The first-order valence-corrected chi connectivity index (χ1v) is 11.0. The lowest BCUT2D eigenvalue weighted by Crippen LogP contribution is -2.37. The Morgan fingerprint density at radius 2 is 1.72 bits per heavy atom. The van der Waals surface area contributed by atoms with Crippen molar-refractivity contribution in [2.45, 2.75) is 23.8 Å². The molecule has 1 heterocycles. The molecular weight excluding hydrogens is 392 g/mol. The molecule has 29 heavy (non-hydrogen) atoms. The number of nitrogens with zero attached hydrogens (tertiary/aromatic N) is 3. The first kappa shape index (κ1) is 21.2. The number of para-hydroxylation sites is 1. The Bertz CT molecular complexity index is 955. The lowest BCUT2D eigenvalue weighted by molar-refractivity contribution is -0.387. The van der Waals surface area contributed by atoms with Gasteiger partial charge >= 0.3 is 0 Å². The molecule has 1 N–H and O–H groups in total. The molecule has 0 bridgehead atoms. The van der Waals surface area contributed by atoms with Crippen molar-refractivity contribution < 1.29 is 13.3 Å². The van der Waals surface area contributed by atoms with E-state index < -0.39 is 20.6 Å². The van der Waals surface area contributed by atoms with Crippen LogP contribution in [-0.2, 0) is 10.0 Å². The monoisotopic (exact) mass is 418 g/mol. The minimum absolute atomic E-state index is 0.133. The van der Waals surface area contributed by atoms with Gasteiger partial charge in [0.15, 0.2) is 4.90 Å². The quantitative estimate of drug-likeness (QED) is 0.523. The molecule has 156 valence electrons. The summed E-state index contributed by atoms with van der Waals surface area (Å²) < 4.78 is 28.2. The predicted octanol–water partition coefficient (Wildman–Crippen LogP) is 2.78. The lowest BCUT2D eigenvalue weighted by Gasteiger charge is -2.28. The van der Waals surface area contributed by atoms with E-state index >= 15 is 0 Å². The topological polar surface area (TPSA) is 95.8 Å². The number of nitrogens with one attached hydrogen (secondary N) is 1. The van der Waals surface area contributed by atoms with Gasteiger partial charge in [-0.2, -0.15) is 0 Å². The molecule has 3 rings (SSSR count). The van der Waals surface area contributed by atoms with E-state index in [0.29, 0.717) is 0 Å². The Labute approximate surface area is 171 Å². The van der Waals surface area contributed by atoms with Crippen LogP contribution in [0.5, 0.6) is 0 Å². The van der Waals surface area contributed by atoms with Crippen LogP contribution < -0.4 is 9.62 Å². The fraction of sp³-hybridized carbons (Fsp3) is 0.400. The number of nitro benzene ring substituents is 1. The van der Waals surface area contributed by atoms with Gasteiger partial charge in [0.05, 0.1) is 4.92 Å². The highest BCUT2D eigenvalue weighted by atomic mass is 32.2. The van der Waals surface area contributed by atoms with Crippen LogP contribution in [0.1, 0.15) is 24.4 Å². The summed E-state index contributed by atoms with van der Waals surface area (Å²) >= 11 is 0. The molecule has 8 nitrogen and oxygen atoms in total. The van der Waals surface area contributed by atoms with Gasteiger partial charge in [-0.1, -0.05) is 24.3 Å². The fourth-order valence-corrected chi connectivity index (χ4v) is 4.82. The van der Waals surface area contributed by atoms with Crippen molar-refractivity contribution in [1.82, 2.24) is 9.62 Å². The van der Waals surface area contributed by atoms with Crippen LogP contribution in [0, 0.1) is 10.1 Å². The van der Waals surface area contributed by atoms with Crippen LogP contribution in [0.3, 0.4) is 0 Å². The average molecular weight is 419 g/mol. The number of rotatable bonds is 8. The summed E-state index contributed by atoms with van der Waals surface area (Å²) in [4.78, 5) is 14.5. The van der Waals surface area contributed by atoms with Crippen molar-refractivity contribution >= 4 is 21.4 Å². The molecule has 1 atom stereocenters. The van der Waals surface area contributed by atoms with Crippen LogP contribution in [0.4, 0.5) is 11.4 Å². The first-order chi connectivity index (χ1) is 13.8. The van der Waals surface area contributed by atoms with Crippen molar-refractivity contribution in [3.63, 3.8) is 0 Å². The van der Waals surface area contributed by atoms with Gasteiger partial charge in [-0.25, -0.2) is 13.1 Å². The number of hydrogen-bond acceptors (Lipinski definition) is 6. The van der Waals surface area contributed by atoms with E-state index in [-0.39, 0.29) is 17.5 Å². The van der Waals surface area contributed by atoms with Gasteiger partial charge in [-0.05, 0) is 49.7 Å². The molecular formula is C20H26N4O4S. The van der Waals surface area contributed by atoms with Crippen molar-refractivity contribution in [3.05, 3.63) is 64.2 Å². The normalized spacial score (nSPS) is 15.9. The number of anilines is 1. The van der Waals surface area contributed by atoms with E-state index in [4.69, 9.17) is 0 Å².